The van der Waals surface area contributed by atoms with Crippen molar-refractivity contribution >= 4 is 15.9 Å². The molecular weight excluding hydrogens is 351 g/mol. The van der Waals surface area contributed by atoms with Gasteiger partial charge in [0.25, 0.3) is 0 Å². The Balaban J connectivity index is 2.30. The summed E-state index contributed by atoms with van der Waals surface area (Å²) in [5.74, 6) is 0.349. The van der Waals surface area contributed by atoms with E-state index in [0.717, 1.165) is 0 Å². The molecule has 0 radical (unpaired) electrons. The van der Waals surface area contributed by atoms with Gasteiger partial charge < -0.3 is 14.5 Å². The molecule has 0 saturated heterocycles. The number of alkyl halides is 3. The van der Waals surface area contributed by atoms with Gasteiger partial charge in [-0.1, -0.05) is 19.1 Å². The first-order valence-electron chi connectivity index (χ1n) is 6.23. The highest BCUT2D eigenvalue weighted by Gasteiger charge is 2.31. The van der Waals surface area contributed by atoms with Crippen LogP contribution in [0.3, 0.4) is 0 Å². The molecule has 21 heavy (non-hydrogen) atoms. The maximum absolute atomic E-state index is 12.3. The molecule has 0 amide bonds. The van der Waals surface area contributed by atoms with E-state index in [4.69, 9.17) is 4.42 Å². The van der Waals surface area contributed by atoms with E-state index in [-0.39, 0.29) is 11.8 Å². The summed E-state index contributed by atoms with van der Waals surface area (Å²) in [5.41, 5.74) is 0.625. The lowest BCUT2D eigenvalue weighted by atomic mass is 10.0. The smallest absolute Gasteiger partial charge is 0.452 e. The average Bonchev–Trinajstić information content (AvgIpc) is 2.80. The van der Waals surface area contributed by atoms with Gasteiger partial charge in [-0.05, 0) is 52.3 Å². The summed E-state index contributed by atoms with van der Waals surface area (Å²) >= 11 is 3.21. The zero-order valence-corrected chi connectivity index (χ0v) is 12.7. The van der Waals surface area contributed by atoms with Crippen molar-refractivity contribution in [2.24, 2.45) is 0 Å². The first-order valence-corrected chi connectivity index (χ1v) is 7.02. The van der Waals surface area contributed by atoms with Gasteiger partial charge in [-0.25, -0.2) is 0 Å². The van der Waals surface area contributed by atoms with Crippen molar-refractivity contribution in [2.45, 2.75) is 19.3 Å². The van der Waals surface area contributed by atoms with Crippen LogP contribution in [0.1, 0.15) is 24.3 Å². The Labute approximate surface area is 128 Å². The number of rotatable bonds is 5. The Bertz CT molecular complexity index is 598. The van der Waals surface area contributed by atoms with Crippen molar-refractivity contribution in [3.05, 3.63) is 52.4 Å². The summed E-state index contributed by atoms with van der Waals surface area (Å²) in [5, 5.41) is 3.17. The predicted octanol–water partition coefficient (Wildman–Crippen LogP) is 4.64. The van der Waals surface area contributed by atoms with E-state index < -0.39 is 6.36 Å². The minimum absolute atomic E-state index is 0.256. The number of nitrogens with one attached hydrogen (secondary N) is 1. The summed E-state index contributed by atoms with van der Waals surface area (Å²) in [6.45, 7) is 2.54. The molecule has 0 spiro atoms. The highest BCUT2D eigenvalue weighted by atomic mass is 79.9. The van der Waals surface area contributed by atoms with Crippen molar-refractivity contribution < 1.29 is 22.3 Å². The normalized spacial score (nSPS) is 13.2. The fourth-order valence-electron chi connectivity index (χ4n) is 1.96. The molecule has 1 aromatic carbocycles. The average molecular weight is 364 g/mol. The van der Waals surface area contributed by atoms with Crippen molar-refractivity contribution in [3.63, 3.8) is 0 Å². The van der Waals surface area contributed by atoms with Gasteiger partial charge in [0.05, 0.1) is 6.04 Å². The molecule has 1 unspecified atom stereocenters. The Kier molecular flexibility index (Phi) is 4.95. The third-order valence-electron chi connectivity index (χ3n) is 2.71. The SMILES string of the molecule is CCNC(c1cccc(OC(F)(F)F)c1)c1ccc(Br)o1. The fraction of sp³-hybridized carbons (Fsp3) is 0.286. The predicted molar refractivity (Wildman–Crippen MR) is 75.1 cm³/mol. The second-order valence-corrected chi connectivity index (χ2v) is 5.03. The van der Waals surface area contributed by atoms with Crippen LogP contribution in [0.2, 0.25) is 0 Å². The summed E-state index contributed by atoms with van der Waals surface area (Å²) in [6, 6.07) is 8.98. The van der Waals surface area contributed by atoms with Crippen LogP contribution in [0.4, 0.5) is 13.2 Å². The summed E-state index contributed by atoms with van der Waals surface area (Å²) in [7, 11) is 0. The van der Waals surface area contributed by atoms with Gasteiger partial charge in [0.2, 0.25) is 0 Å². The molecule has 0 aliphatic heterocycles. The van der Waals surface area contributed by atoms with Crippen LogP contribution in [0, 0.1) is 0 Å². The van der Waals surface area contributed by atoms with Gasteiger partial charge in [-0.2, -0.15) is 0 Å². The van der Waals surface area contributed by atoms with E-state index in [1.807, 2.05) is 6.92 Å². The minimum atomic E-state index is -4.71. The summed E-state index contributed by atoms with van der Waals surface area (Å²) in [4.78, 5) is 0. The number of hydrogen-bond acceptors (Lipinski definition) is 3. The maximum atomic E-state index is 12.3. The molecule has 3 nitrogen and oxygen atoms in total. The third kappa shape index (κ3) is 4.50. The van der Waals surface area contributed by atoms with Gasteiger partial charge in [0, 0.05) is 0 Å². The highest BCUT2D eigenvalue weighted by Crippen LogP contribution is 2.30. The molecule has 1 heterocycles. The molecule has 0 fully saturated rings. The molecule has 114 valence electrons. The highest BCUT2D eigenvalue weighted by molar-refractivity contribution is 9.10. The van der Waals surface area contributed by atoms with Gasteiger partial charge >= 0.3 is 6.36 Å². The topological polar surface area (TPSA) is 34.4 Å². The lowest BCUT2D eigenvalue weighted by Crippen LogP contribution is -2.22. The number of benzene rings is 1. The summed E-state index contributed by atoms with van der Waals surface area (Å²) < 4.78 is 46.8. The van der Waals surface area contributed by atoms with Crippen LogP contribution in [0.5, 0.6) is 5.75 Å². The van der Waals surface area contributed by atoms with E-state index in [2.05, 4.69) is 26.0 Å². The van der Waals surface area contributed by atoms with Crippen LogP contribution in [0.15, 0.2) is 45.5 Å². The molecule has 0 aliphatic rings. The molecule has 1 N–H and O–H groups in total. The van der Waals surface area contributed by atoms with E-state index in [9.17, 15) is 13.2 Å². The van der Waals surface area contributed by atoms with Crippen LogP contribution < -0.4 is 10.1 Å². The molecule has 2 rings (SSSR count). The first-order chi connectivity index (χ1) is 9.89. The number of halogens is 4. The van der Waals surface area contributed by atoms with E-state index >= 15 is 0 Å². The zero-order chi connectivity index (χ0) is 15.5. The van der Waals surface area contributed by atoms with Crippen molar-refractivity contribution in [2.75, 3.05) is 6.54 Å². The second-order valence-electron chi connectivity index (χ2n) is 4.25. The van der Waals surface area contributed by atoms with Gasteiger partial charge in [0.15, 0.2) is 4.67 Å². The van der Waals surface area contributed by atoms with Gasteiger partial charge in [-0.3, -0.25) is 0 Å². The Morgan fingerprint density at radius 3 is 2.62 bits per heavy atom. The zero-order valence-electron chi connectivity index (χ0n) is 11.1. The summed E-state index contributed by atoms with van der Waals surface area (Å²) in [6.07, 6.45) is -4.71. The quantitative estimate of drug-likeness (QED) is 0.840. The van der Waals surface area contributed by atoms with Crippen molar-refractivity contribution in [1.29, 1.82) is 0 Å². The van der Waals surface area contributed by atoms with Gasteiger partial charge in [0.1, 0.15) is 11.5 Å². The van der Waals surface area contributed by atoms with Crippen molar-refractivity contribution in [3.8, 4) is 5.75 Å². The molecular formula is C14H13BrF3NO2. The second kappa shape index (κ2) is 6.53. The van der Waals surface area contributed by atoms with E-state index in [0.29, 0.717) is 22.5 Å². The first kappa shape index (κ1) is 15.9. The van der Waals surface area contributed by atoms with Crippen LogP contribution in [0.25, 0.3) is 0 Å². The standard InChI is InChI=1S/C14H13BrF3NO2/c1-2-19-13(11-6-7-12(15)20-11)9-4-3-5-10(8-9)21-14(16,17)18/h3-8,13,19H,2H2,1H3. The maximum Gasteiger partial charge on any atom is 0.573 e. The van der Waals surface area contributed by atoms with Crippen LogP contribution in [-0.2, 0) is 0 Å². The minimum Gasteiger partial charge on any atom is -0.452 e. The lowest BCUT2D eigenvalue weighted by molar-refractivity contribution is -0.274. The van der Waals surface area contributed by atoms with E-state index in [1.165, 1.54) is 18.2 Å². The number of furan rings is 1. The number of ether oxygens (including phenoxy) is 1. The fourth-order valence-corrected chi connectivity index (χ4v) is 2.28. The molecule has 1 atom stereocenters. The molecule has 0 saturated carbocycles. The van der Waals surface area contributed by atoms with E-state index in [1.54, 1.807) is 18.2 Å². The largest absolute Gasteiger partial charge is 0.573 e. The monoisotopic (exact) mass is 363 g/mol. The Hall–Kier alpha value is -1.47. The molecule has 1 aromatic heterocycles. The van der Waals surface area contributed by atoms with Crippen molar-refractivity contribution in [1.82, 2.24) is 5.32 Å². The lowest BCUT2D eigenvalue weighted by Gasteiger charge is -2.17. The molecule has 2 aromatic rings. The molecule has 0 bridgehead atoms. The Morgan fingerprint density at radius 1 is 1.29 bits per heavy atom. The molecule has 0 aliphatic carbocycles. The molecule has 7 heteroatoms. The number of hydrogen-bond donors (Lipinski definition) is 1. The third-order valence-corrected chi connectivity index (χ3v) is 3.14. The Morgan fingerprint density at radius 2 is 2.05 bits per heavy atom. The van der Waals surface area contributed by atoms with Crippen LogP contribution >= 0.6 is 15.9 Å². The van der Waals surface area contributed by atoms with Gasteiger partial charge in [-0.15, -0.1) is 13.2 Å². The van der Waals surface area contributed by atoms with Crippen LogP contribution in [-0.4, -0.2) is 12.9 Å².